The average molecular weight is 522 g/mol. The van der Waals surface area contributed by atoms with E-state index in [1.165, 1.54) is 6.07 Å². The van der Waals surface area contributed by atoms with Gasteiger partial charge in [0.25, 0.3) is 0 Å². The Kier molecular flexibility index (Phi) is 6.91. The summed E-state index contributed by atoms with van der Waals surface area (Å²) in [7, 11) is 1.60. The molecular weight excluding hydrogens is 492 g/mol. The van der Waals surface area contributed by atoms with Gasteiger partial charge >= 0.3 is 5.92 Å². The SMILES string of the molecule is COC1(C(=O)CCC2Cc3nc(Cl)nc(N[C@H](C)c4cccc5c4OCC5(F)F)c3C2)CCOCC1. The van der Waals surface area contributed by atoms with Crippen molar-refractivity contribution in [3.05, 3.63) is 45.9 Å². The fourth-order valence-electron chi connectivity index (χ4n) is 5.57. The van der Waals surface area contributed by atoms with Crippen molar-refractivity contribution in [2.24, 2.45) is 5.92 Å². The molecule has 2 aromatic rings. The number of hydrogen-bond donors (Lipinski definition) is 1. The first kappa shape index (κ1) is 25.3. The third-order valence-electron chi connectivity index (χ3n) is 7.68. The Morgan fingerprint density at radius 1 is 1.28 bits per heavy atom. The molecule has 7 nitrogen and oxygen atoms in total. The Labute approximate surface area is 213 Å². The van der Waals surface area contributed by atoms with Crippen LogP contribution in [0.2, 0.25) is 5.28 Å². The van der Waals surface area contributed by atoms with Gasteiger partial charge in [-0.05, 0) is 49.8 Å². The second-order valence-corrected chi connectivity index (χ2v) is 10.2. The molecule has 1 aromatic heterocycles. The summed E-state index contributed by atoms with van der Waals surface area (Å²) in [4.78, 5) is 21.9. The van der Waals surface area contributed by atoms with E-state index < -0.39 is 18.1 Å². The lowest BCUT2D eigenvalue weighted by atomic mass is 9.85. The van der Waals surface area contributed by atoms with Crippen LogP contribution in [0, 0.1) is 5.92 Å². The van der Waals surface area contributed by atoms with Crippen LogP contribution in [-0.4, -0.2) is 48.3 Å². The average Bonchev–Trinajstić information content (AvgIpc) is 3.42. The highest BCUT2D eigenvalue weighted by Gasteiger charge is 2.43. The molecule has 1 saturated heterocycles. The van der Waals surface area contributed by atoms with Crippen LogP contribution in [0.4, 0.5) is 14.6 Å². The summed E-state index contributed by atoms with van der Waals surface area (Å²) in [6, 6.07) is 4.44. The molecule has 1 unspecified atom stereocenters. The van der Waals surface area contributed by atoms with Gasteiger partial charge in [0, 0.05) is 50.7 Å². The van der Waals surface area contributed by atoms with Crippen LogP contribution in [0.25, 0.3) is 0 Å². The summed E-state index contributed by atoms with van der Waals surface area (Å²) in [5.41, 5.74) is 1.60. The van der Waals surface area contributed by atoms with E-state index in [9.17, 15) is 13.6 Å². The molecule has 3 aliphatic rings. The smallest absolute Gasteiger partial charge is 0.310 e. The zero-order valence-corrected chi connectivity index (χ0v) is 21.2. The molecule has 1 fully saturated rings. The Balaban J connectivity index is 1.28. The number of halogens is 3. The van der Waals surface area contributed by atoms with Crippen LogP contribution in [0.15, 0.2) is 18.2 Å². The molecule has 0 saturated carbocycles. The van der Waals surface area contributed by atoms with Gasteiger partial charge in [0.1, 0.15) is 17.2 Å². The number of rotatable bonds is 8. The van der Waals surface area contributed by atoms with Gasteiger partial charge in [0.15, 0.2) is 12.4 Å². The minimum Gasteiger partial charge on any atom is -0.486 e. The molecule has 10 heteroatoms. The summed E-state index contributed by atoms with van der Waals surface area (Å²) in [6.07, 6.45) is 3.71. The van der Waals surface area contributed by atoms with Gasteiger partial charge in [-0.2, -0.15) is 8.78 Å². The monoisotopic (exact) mass is 521 g/mol. The molecule has 0 spiro atoms. The highest BCUT2D eigenvalue weighted by Crippen LogP contribution is 2.45. The summed E-state index contributed by atoms with van der Waals surface area (Å²) < 4.78 is 44.7. The number of fused-ring (bicyclic) bond motifs is 2. The number of alkyl halides is 2. The van der Waals surface area contributed by atoms with E-state index >= 15 is 0 Å². The normalized spacial score (nSPS) is 22.4. The molecule has 1 aromatic carbocycles. The minimum absolute atomic E-state index is 0.0947. The van der Waals surface area contributed by atoms with Gasteiger partial charge in [-0.3, -0.25) is 4.79 Å². The third-order valence-corrected chi connectivity index (χ3v) is 7.85. The fraction of sp³-hybridized carbons (Fsp3) is 0.577. The molecular formula is C26H30ClF2N3O4. The van der Waals surface area contributed by atoms with E-state index in [1.54, 1.807) is 19.2 Å². The number of hydrogen-bond acceptors (Lipinski definition) is 7. The molecule has 36 heavy (non-hydrogen) atoms. The zero-order chi connectivity index (χ0) is 25.5. The molecule has 5 rings (SSSR count). The maximum atomic E-state index is 14.2. The standard InChI is InChI=1S/C26H30ClF2N3O4/c1-15(17-4-3-5-19-22(17)36-14-26(19,28)29)30-23-18-12-16(13-20(18)31-24(27)32-23)6-7-21(33)25(34-2)8-10-35-11-9-25/h3-5,15-16H,6-14H2,1-2H3,(H,30,31,32)/t15-,16?/m1/s1. The second-order valence-electron chi connectivity index (χ2n) is 9.90. The first-order valence-corrected chi connectivity index (χ1v) is 12.7. The Bertz CT molecular complexity index is 1160. The molecule has 0 bridgehead atoms. The summed E-state index contributed by atoms with van der Waals surface area (Å²) >= 11 is 6.23. The maximum absolute atomic E-state index is 14.2. The quantitative estimate of drug-likeness (QED) is 0.487. The lowest BCUT2D eigenvalue weighted by molar-refractivity contribution is -0.153. The van der Waals surface area contributed by atoms with E-state index in [1.807, 2.05) is 6.92 Å². The zero-order valence-electron chi connectivity index (χ0n) is 20.4. The number of anilines is 1. The maximum Gasteiger partial charge on any atom is 0.310 e. The molecule has 194 valence electrons. The number of ketones is 1. The van der Waals surface area contributed by atoms with Crippen LogP contribution in [0.1, 0.15) is 61.0 Å². The van der Waals surface area contributed by atoms with Crippen molar-refractivity contribution in [1.29, 1.82) is 0 Å². The van der Waals surface area contributed by atoms with Crippen molar-refractivity contribution in [2.75, 3.05) is 32.2 Å². The Morgan fingerprint density at radius 3 is 2.81 bits per heavy atom. The number of nitrogens with zero attached hydrogens (tertiary/aromatic N) is 2. The van der Waals surface area contributed by atoms with Crippen molar-refractivity contribution in [2.45, 2.75) is 63.0 Å². The Morgan fingerprint density at radius 2 is 2.06 bits per heavy atom. The van der Waals surface area contributed by atoms with E-state index in [2.05, 4.69) is 15.3 Å². The number of methoxy groups -OCH3 is 1. The van der Waals surface area contributed by atoms with Crippen molar-refractivity contribution < 1.29 is 27.8 Å². The van der Waals surface area contributed by atoms with Gasteiger partial charge in [-0.1, -0.05) is 12.1 Å². The van der Waals surface area contributed by atoms with Gasteiger partial charge in [-0.15, -0.1) is 0 Å². The first-order valence-electron chi connectivity index (χ1n) is 12.3. The number of para-hydroxylation sites is 1. The number of carbonyl (C=O) groups excluding carboxylic acids is 1. The van der Waals surface area contributed by atoms with Crippen LogP contribution >= 0.6 is 11.6 Å². The second kappa shape index (κ2) is 9.84. The molecule has 3 heterocycles. The van der Waals surface area contributed by atoms with E-state index in [0.717, 1.165) is 11.3 Å². The predicted molar refractivity (Wildman–Crippen MR) is 130 cm³/mol. The predicted octanol–water partition coefficient (Wildman–Crippen LogP) is 5.05. The number of Topliss-reactive ketones (excluding diaryl/α,β-unsaturated/α-hetero) is 1. The van der Waals surface area contributed by atoms with E-state index in [-0.39, 0.29) is 34.3 Å². The van der Waals surface area contributed by atoms with Crippen molar-refractivity contribution in [3.8, 4) is 5.75 Å². The largest absolute Gasteiger partial charge is 0.486 e. The van der Waals surface area contributed by atoms with Crippen LogP contribution in [-0.2, 0) is 33.0 Å². The number of ether oxygens (including phenoxy) is 3. The minimum atomic E-state index is -3.00. The van der Waals surface area contributed by atoms with Crippen LogP contribution in [0.3, 0.4) is 0 Å². The number of aromatic nitrogens is 2. The summed E-state index contributed by atoms with van der Waals surface area (Å²) in [5.74, 6) is -1.84. The highest BCUT2D eigenvalue weighted by atomic mass is 35.5. The summed E-state index contributed by atoms with van der Waals surface area (Å²) in [6.45, 7) is 2.28. The third kappa shape index (κ3) is 4.68. The molecule has 1 N–H and O–H groups in total. The highest BCUT2D eigenvalue weighted by molar-refractivity contribution is 6.28. The van der Waals surface area contributed by atoms with Gasteiger partial charge in [-0.25, -0.2) is 9.97 Å². The van der Waals surface area contributed by atoms with Gasteiger partial charge < -0.3 is 19.5 Å². The lowest BCUT2D eigenvalue weighted by Gasteiger charge is -2.34. The van der Waals surface area contributed by atoms with E-state index in [4.69, 9.17) is 25.8 Å². The molecule has 2 atom stereocenters. The summed E-state index contributed by atoms with van der Waals surface area (Å²) in [5, 5.41) is 3.47. The fourth-order valence-corrected chi connectivity index (χ4v) is 5.76. The van der Waals surface area contributed by atoms with Gasteiger partial charge in [0.05, 0.1) is 17.3 Å². The number of carbonyl (C=O) groups is 1. The van der Waals surface area contributed by atoms with Gasteiger partial charge in [0.2, 0.25) is 5.28 Å². The van der Waals surface area contributed by atoms with Crippen molar-refractivity contribution in [3.63, 3.8) is 0 Å². The lowest BCUT2D eigenvalue weighted by Crippen LogP contribution is -2.45. The molecule has 2 aliphatic heterocycles. The van der Waals surface area contributed by atoms with Crippen molar-refractivity contribution in [1.82, 2.24) is 9.97 Å². The molecule has 0 radical (unpaired) electrons. The van der Waals surface area contributed by atoms with E-state index in [0.29, 0.717) is 63.1 Å². The van der Waals surface area contributed by atoms with Crippen molar-refractivity contribution >= 4 is 23.2 Å². The first-order chi connectivity index (χ1) is 17.2. The number of benzene rings is 1. The Hall–Kier alpha value is -2.36. The molecule has 1 aliphatic carbocycles. The topological polar surface area (TPSA) is 82.6 Å². The van der Waals surface area contributed by atoms with Crippen LogP contribution in [0.5, 0.6) is 5.75 Å². The number of nitrogens with one attached hydrogen (secondary N) is 1. The molecule has 0 amide bonds. The van der Waals surface area contributed by atoms with Crippen LogP contribution < -0.4 is 10.1 Å².